The molecule has 0 aromatic rings. The van der Waals surface area contributed by atoms with E-state index in [4.69, 9.17) is 4.74 Å². The lowest BCUT2D eigenvalue weighted by Gasteiger charge is -2.07. The van der Waals surface area contributed by atoms with Gasteiger partial charge in [-0.2, -0.15) is 0 Å². The van der Waals surface area contributed by atoms with Gasteiger partial charge in [0.1, 0.15) is 5.78 Å². The van der Waals surface area contributed by atoms with Gasteiger partial charge in [0.25, 0.3) is 0 Å². The van der Waals surface area contributed by atoms with Crippen molar-refractivity contribution in [2.45, 2.75) is 27.2 Å². The first-order valence-electron chi connectivity index (χ1n) is 3.74. The molecule has 3 heteroatoms. The summed E-state index contributed by atoms with van der Waals surface area (Å²) >= 11 is 0. The van der Waals surface area contributed by atoms with E-state index in [0.29, 0.717) is 6.61 Å². The highest BCUT2D eigenvalue weighted by Gasteiger charge is 2.15. The molecule has 0 aliphatic rings. The number of carbonyl (C=O) groups is 2. The van der Waals surface area contributed by atoms with Crippen LogP contribution in [0.2, 0.25) is 0 Å². The number of hydrogen-bond acceptors (Lipinski definition) is 3. The monoisotopic (exact) mass is 158 g/mol. The first kappa shape index (κ1) is 10.1. The second-order valence-corrected chi connectivity index (χ2v) is 2.56. The van der Waals surface area contributed by atoms with E-state index in [1.165, 1.54) is 6.92 Å². The molecular weight excluding hydrogens is 144 g/mol. The minimum atomic E-state index is -0.299. The van der Waals surface area contributed by atoms with E-state index >= 15 is 0 Å². The molecule has 0 saturated carbocycles. The highest BCUT2D eigenvalue weighted by atomic mass is 16.5. The topological polar surface area (TPSA) is 43.4 Å². The maximum Gasteiger partial charge on any atom is 0.309 e. The summed E-state index contributed by atoms with van der Waals surface area (Å²) in [5.74, 6) is -0.569. The molecule has 0 aromatic carbocycles. The number of ketones is 1. The van der Waals surface area contributed by atoms with Gasteiger partial charge in [-0.15, -0.1) is 0 Å². The van der Waals surface area contributed by atoms with Crippen molar-refractivity contribution in [2.24, 2.45) is 5.92 Å². The van der Waals surface area contributed by atoms with Crippen molar-refractivity contribution in [3.05, 3.63) is 0 Å². The highest BCUT2D eigenvalue weighted by molar-refractivity contribution is 5.82. The van der Waals surface area contributed by atoms with Crippen LogP contribution in [0.1, 0.15) is 27.2 Å². The Kier molecular flexibility index (Phi) is 4.50. The quantitative estimate of drug-likeness (QED) is 0.577. The molecule has 0 saturated heterocycles. The van der Waals surface area contributed by atoms with E-state index in [2.05, 4.69) is 0 Å². The highest BCUT2D eigenvalue weighted by Crippen LogP contribution is 2.04. The van der Waals surface area contributed by atoms with Crippen molar-refractivity contribution >= 4 is 11.8 Å². The van der Waals surface area contributed by atoms with Gasteiger partial charge in [0.15, 0.2) is 0 Å². The van der Waals surface area contributed by atoms with Crippen molar-refractivity contribution in [1.29, 1.82) is 0 Å². The number of rotatable bonds is 4. The van der Waals surface area contributed by atoms with Crippen LogP contribution in [0.25, 0.3) is 0 Å². The molecule has 0 spiro atoms. The second-order valence-electron chi connectivity index (χ2n) is 2.56. The zero-order valence-corrected chi connectivity index (χ0v) is 7.22. The minimum Gasteiger partial charge on any atom is -0.466 e. The van der Waals surface area contributed by atoms with Crippen LogP contribution in [0.4, 0.5) is 0 Å². The predicted molar refractivity (Wildman–Crippen MR) is 41.1 cm³/mol. The molecule has 0 amide bonds. The van der Waals surface area contributed by atoms with Gasteiger partial charge in [-0.05, 0) is 13.8 Å². The van der Waals surface area contributed by atoms with Crippen LogP contribution in [0.3, 0.4) is 0 Å². The fourth-order valence-corrected chi connectivity index (χ4v) is 0.799. The van der Waals surface area contributed by atoms with Gasteiger partial charge >= 0.3 is 5.97 Å². The molecule has 0 heterocycles. The van der Waals surface area contributed by atoms with Crippen molar-refractivity contribution in [3.63, 3.8) is 0 Å². The van der Waals surface area contributed by atoms with E-state index in [0.717, 1.165) is 0 Å². The van der Waals surface area contributed by atoms with Gasteiger partial charge < -0.3 is 9.53 Å². The SMILES string of the molecule is CCOC(=O)[C@@H](C)CC(C)=O. The van der Waals surface area contributed by atoms with Crippen molar-refractivity contribution in [2.75, 3.05) is 6.61 Å². The molecule has 1 atom stereocenters. The molecule has 0 unspecified atom stereocenters. The Morgan fingerprint density at radius 1 is 1.45 bits per heavy atom. The Labute approximate surface area is 66.7 Å². The summed E-state index contributed by atoms with van der Waals surface area (Å²) in [5, 5.41) is 0. The molecular formula is C8H14O3. The lowest BCUT2D eigenvalue weighted by molar-refractivity contribution is -0.148. The van der Waals surface area contributed by atoms with E-state index < -0.39 is 0 Å². The zero-order valence-electron chi connectivity index (χ0n) is 7.22. The molecule has 0 N–H and O–H groups in total. The van der Waals surface area contributed by atoms with Crippen molar-refractivity contribution < 1.29 is 14.3 Å². The van der Waals surface area contributed by atoms with Crippen molar-refractivity contribution in [3.8, 4) is 0 Å². The Hall–Kier alpha value is -0.860. The second kappa shape index (κ2) is 4.88. The summed E-state index contributed by atoms with van der Waals surface area (Å²) in [6.07, 6.45) is 0.277. The first-order chi connectivity index (χ1) is 5.07. The van der Waals surface area contributed by atoms with Gasteiger partial charge in [0, 0.05) is 6.42 Å². The summed E-state index contributed by atoms with van der Waals surface area (Å²) < 4.78 is 4.71. The maximum absolute atomic E-state index is 10.9. The summed E-state index contributed by atoms with van der Waals surface area (Å²) in [5.41, 5.74) is 0. The van der Waals surface area contributed by atoms with Gasteiger partial charge in [-0.3, -0.25) is 4.79 Å². The van der Waals surface area contributed by atoms with Gasteiger partial charge in [-0.25, -0.2) is 0 Å². The summed E-state index contributed by atoms with van der Waals surface area (Å²) in [7, 11) is 0. The molecule has 0 bridgehead atoms. The average molecular weight is 158 g/mol. The molecule has 0 radical (unpaired) electrons. The fourth-order valence-electron chi connectivity index (χ4n) is 0.799. The zero-order chi connectivity index (χ0) is 8.85. The van der Waals surface area contributed by atoms with Gasteiger partial charge in [0.05, 0.1) is 12.5 Å². The molecule has 0 rings (SSSR count). The summed E-state index contributed by atoms with van der Waals surface area (Å²) in [4.78, 5) is 21.5. The summed E-state index contributed by atoms with van der Waals surface area (Å²) in [6, 6.07) is 0. The van der Waals surface area contributed by atoms with E-state index in [-0.39, 0.29) is 24.1 Å². The number of esters is 1. The molecule has 0 aliphatic carbocycles. The van der Waals surface area contributed by atoms with Crippen LogP contribution >= 0.6 is 0 Å². The maximum atomic E-state index is 10.9. The molecule has 64 valence electrons. The van der Waals surface area contributed by atoms with Gasteiger partial charge in [0.2, 0.25) is 0 Å². The number of carbonyl (C=O) groups excluding carboxylic acids is 2. The Morgan fingerprint density at radius 3 is 2.36 bits per heavy atom. The van der Waals surface area contributed by atoms with Crippen LogP contribution in [0.5, 0.6) is 0 Å². The lowest BCUT2D eigenvalue weighted by atomic mass is 10.1. The molecule has 11 heavy (non-hydrogen) atoms. The van der Waals surface area contributed by atoms with E-state index in [1.807, 2.05) is 0 Å². The average Bonchev–Trinajstić information content (AvgIpc) is 1.86. The van der Waals surface area contributed by atoms with E-state index in [1.54, 1.807) is 13.8 Å². The van der Waals surface area contributed by atoms with Crippen LogP contribution < -0.4 is 0 Å². The van der Waals surface area contributed by atoms with Gasteiger partial charge in [-0.1, -0.05) is 6.92 Å². The number of hydrogen-bond donors (Lipinski definition) is 0. The smallest absolute Gasteiger partial charge is 0.309 e. The van der Waals surface area contributed by atoms with Crippen LogP contribution in [0.15, 0.2) is 0 Å². The first-order valence-corrected chi connectivity index (χ1v) is 3.74. The van der Waals surface area contributed by atoms with Crippen LogP contribution in [0, 0.1) is 5.92 Å². The third-order valence-corrected chi connectivity index (χ3v) is 1.28. The normalized spacial score (nSPS) is 12.3. The van der Waals surface area contributed by atoms with Crippen LogP contribution in [-0.2, 0) is 14.3 Å². The van der Waals surface area contributed by atoms with Crippen molar-refractivity contribution in [1.82, 2.24) is 0 Å². The van der Waals surface area contributed by atoms with E-state index in [9.17, 15) is 9.59 Å². The Balaban J connectivity index is 3.73. The molecule has 0 fully saturated rings. The standard InChI is InChI=1S/C8H14O3/c1-4-11-8(10)6(2)5-7(3)9/h6H,4-5H2,1-3H3/t6-/m0/s1. The number of Topliss-reactive ketones (excluding diaryl/α,β-unsaturated/α-hetero) is 1. The third-order valence-electron chi connectivity index (χ3n) is 1.28. The lowest BCUT2D eigenvalue weighted by Crippen LogP contribution is -2.16. The third kappa shape index (κ3) is 4.53. The molecule has 0 aromatic heterocycles. The molecule has 0 aliphatic heterocycles. The largest absolute Gasteiger partial charge is 0.466 e. The summed E-state index contributed by atoms with van der Waals surface area (Å²) in [6.45, 7) is 5.29. The molecule has 3 nitrogen and oxygen atoms in total. The minimum absolute atomic E-state index is 0.0190. The Morgan fingerprint density at radius 2 is 2.00 bits per heavy atom. The number of ether oxygens (including phenoxy) is 1. The Bertz CT molecular complexity index is 151. The van der Waals surface area contributed by atoms with Crippen LogP contribution in [-0.4, -0.2) is 18.4 Å². The predicted octanol–water partition coefficient (Wildman–Crippen LogP) is 1.16. The fraction of sp³-hybridized carbons (Fsp3) is 0.750.